The Balaban J connectivity index is 1.62. The third-order valence-electron chi connectivity index (χ3n) is 4.65. The van der Waals surface area contributed by atoms with E-state index >= 15 is 0 Å². The van der Waals surface area contributed by atoms with Crippen molar-refractivity contribution < 1.29 is 13.6 Å². The van der Waals surface area contributed by atoms with Crippen molar-refractivity contribution in [2.24, 2.45) is 5.92 Å². The number of nitrogens with one attached hydrogen (secondary N) is 1. The lowest BCUT2D eigenvalue weighted by Crippen LogP contribution is -2.37. The summed E-state index contributed by atoms with van der Waals surface area (Å²) in [5.74, 6) is -2.95. The number of fused-ring (bicyclic) bond motifs is 1. The predicted molar refractivity (Wildman–Crippen MR) is 77.0 cm³/mol. The number of benzene rings is 1. The lowest BCUT2D eigenvalue weighted by Gasteiger charge is -2.28. The van der Waals surface area contributed by atoms with Gasteiger partial charge in [-0.2, -0.15) is 0 Å². The first-order valence-electron chi connectivity index (χ1n) is 7.51. The predicted octanol–water partition coefficient (Wildman–Crippen LogP) is 3.20. The lowest BCUT2D eigenvalue weighted by atomic mass is 9.86. The first kappa shape index (κ1) is 14.3. The van der Waals surface area contributed by atoms with E-state index in [4.69, 9.17) is 5.73 Å². The van der Waals surface area contributed by atoms with Crippen molar-refractivity contribution in [1.82, 2.24) is 5.32 Å². The summed E-state index contributed by atoms with van der Waals surface area (Å²) >= 11 is 0. The number of nitrogen functional groups attached to an aromatic ring is 1. The number of nitrogens with two attached hydrogens (primary N) is 1. The van der Waals surface area contributed by atoms with E-state index in [1.165, 1.54) is 5.56 Å². The van der Waals surface area contributed by atoms with Crippen molar-refractivity contribution in [2.45, 2.75) is 50.5 Å². The van der Waals surface area contributed by atoms with Crippen LogP contribution in [-0.4, -0.2) is 11.8 Å². The van der Waals surface area contributed by atoms with Crippen LogP contribution in [0.5, 0.6) is 0 Å². The van der Waals surface area contributed by atoms with E-state index in [1.54, 1.807) is 0 Å². The zero-order chi connectivity index (χ0) is 15.0. The van der Waals surface area contributed by atoms with E-state index in [1.807, 2.05) is 18.2 Å². The summed E-state index contributed by atoms with van der Waals surface area (Å²) < 4.78 is 26.3. The molecule has 0 saturated heterocycles. The van der Waals surface area contributed by atoms with Crippen LogP contribution in [0, 0.1) is 5.92 Å². The fraction of sp³-hybridized carbons (Fsp3) is 0.562. The van der Waals surface area contributed by atoms with Gasteiger partial charge < -0.3 is 11.1 Å². The van der Waals surface area contributed by atoms with Crippen molar-refractivity contribution in [3.05, 3.63) is 29.3 Å². The average Bonchev–Trinajstić information content (AvgIpc) is 2.80. The summed E-state index contributed by atoms with van der Waals surface area (Å²) in [6, 6.07) is 5.74. The highest BCUT2D eigenvalue weighted by atomic mass is 19.3. The zero-order valence-electron chi connectivity index (χ0n) is 11.9. The Morgan fingerprint density at radius 3 is 2.67 bits per heavy atom. The van der Waals surface area contributed by atoms with Crippen LogP contribution in [0.25, 0.3) is 0 Å². The van der Waals surface area contributed by atoms with Crippen LogP contribution >= 0.6 is 0 Å². The Bertz CT molecular complexity index is 549. The molecule has 1 amide bonds. The van der Waals surface area contributed by atoms with Crippen LogP contribution in [0.15, 0.2) is 18.2 Å². The molecule has 0 bridgehead atoms. The van der Waals surface area contributed by atoms with Gasteiger partial charge in [-0.1, -0.05) is 6.07 Å². The van der Waals surface area contributed by atoms with Crippen LogP contribution in [0.2, 0.25) is 0 Å². The lowest BCUT2D eigenvalue weighted by molar-refractivity contribution is -0.129. The number of halogens is 2. The molecule has 21 heavy (non-hydrogen) atoms. The molecule has 114 valence electrons. The highest BCUT2D eigenvalue weighted by Crippen LogP contribution is 2.37. The molecular formula is C16H20F2N2O. The molecule has 1 fully saturated rings. The van der Waals surface area contributed by atoms with Crippen LogP contribution in [0.1, 0.15) is 49.3 Å². The van der Waals surface area contributed by atoms with Gasteiger partial charge in [-0.25, -0.2) is 8.78 Å². The van der Waals surface area contributed by atoms with Crippen molar-refractivity contribution >= 4 is 11.6 Å². The molecular weight excluding hydrogens is 274 g/mol. The topological polar surface area (TPSA) is 55.1 Å². The highest BCUT2D eigenvalue weighted by Gasteiger charge is 2.38. The first-order chi connectivity index (χ1) is 9.94. The minimum Gasteiger partial charge on any atom is -0.399 e. The Labute approximate surface area is 122 Å². The molecule has 3 nitrogen and oxygen atoms in total. The van der Waals surface area contributed by atoms with E-state index in [-0.39, 0.29) is 43.6 Å². The Morgan fingerprint density at radius 1 is 1.24 bits per heavy atom. The second-order valence-electron chi connectivity index (χ2n) is 6.19. The van der Waals surface area contributed by atoms with Crippen LogP contribution in [0.4, 0.5) is 14.5 Å². The van der Waals surface area contributed by atoms with Crippen molar-refractivity contribution in [3.63, 3.8) is 0 Å². The number of rotatable bonds is 2. The van der Waals surface area contributed by atoms with Crippen molar-refractivity contribution in [3.8, 4) is 0 Å². The summed E-state index contributed by atoms with van der Waals surface area (Å²) in [7, 11) is 0. The molecule has 1 aromatic rings. The number of hydrogen-bond donors (Lipinski definition) is 2. The molecule has 2 aliphatic rings. The third-order valence-corrected chi connectivity index (χ3v) is 4.65. The van der Waals surface area contributed by atoms with Crippen LogP contribution in [0.3, 0.4) is 0 Å². The Kier molecular flexibility index (Phi) is 3.59. The largest absolute Gasteiger partial charge is 0.399 e. The molecule has 1 aromatic carbocycles. The van der Waals surface area contributed by atoms with Gasteiger partial charge in [-0.15, -0.1) is 0 Å². The maximum atomic E-state index is 13.1. The van der Waals surface area contributed by atoms with Crippen molar-refractivity contribution in [1.29, 1.82) is 0 Å². The number of amides is 1. The second kappa shape index (κ2) is 5.28. The average molecular weight is 294 g/mol. The number of carbonyl (C=O) groups excluding carboxylic acids is 1. The minimum atomic E-state index is -2.59. The Morgan fingerprint density at radius 2 is 1.95 bits per heavy atom. The fourth-order valence-electron chi connectivity index (χ4n) is 3.38. The van der Waals surface area contributed by atoms with Gasteiger partial charge in [0.15, 0.2) is 0 Å². The highest BCUT2D eigenvalue weighted by molar-refractivity contribution is 5.79. The van der Waals surface area contributed by atoms with E-state index < -0.39 is 5.92 Å². The summed E-state index contributed by atoms with van der Waals surface area (Å²) in [6.45, 7) is 0. The number of aryl methyl sites for hydroxylation is 1. The third kappa shape index (κ3) is 3.01. The molecule has 2 aliphatic carbocycles. The van der Waals surface area contributed by atoms with Gasteiger partial charge in [0, 0.05) is 24.4 Å². The van der Waals surface area contributed by atoms with E-state index in [9.17, 15) is 13.6 Å². The monoisotopic (exact) mass is 294 g/mol. The second-order valence-corrected chi connectivity index (χ2v) is 6.19. The standard InChI is InChI=1S/C16H20F2N2O/c17-16(18)7-5-10(6-8-16)15(21)20-14-4-1-11-9-12(19)2-3-13(11)14/h2-3,9-10,14H,1,4-8,19H2,(H,20,21). The number of alkyl halides is 2. The van der Waals surface area contributed by atoms with Crippen molar-refractivity contribution in [2.75, 3.05) is 5.73 Å². The summed E-state index contributed by atoms with van der Waals surface area (Å²) in [5.41, 5.74) is 8.78. The van der Waals surface area contributed by atoms with E-state index in [0.717, 1.165) is 24.1 Å². The molecule has 0 radical (unpaired) electrons. The summed E-state index contributed by atoms with van der Waals surface area (Å²) in [4.78, 5) is 12.3. The molecule has 0 aromatic heterocycles. The SMILES string of the molecule is Nc1ccc2c(c1)CCC2NC(=O)C1CCC(F)(F)CC1. The van der Waals surface area contributed by atoms with Gasteiger partial charge in [-0.05, 0) is 48.9 Å². The Hall–Kier alpha value is -1.65. The van der Waals surface area contributed by atoms with Gasteiger partial charge >= 0.3 is 0 Å². The van der Waals surface area contributed by atoms with Crippen LogP contribution < -0.4 is 11.1 Å². The fourth-order valence-corrected chi connectivity index (χ4v) is 3.38. The van der Waals surface area contributed by atoms with E-state index in [2.05, 4.69) is 5.32 Å². The molecule has 1 unspecified atom stereocenters. The molecule has 0 heterocycles. The van der Waals surface area contributed by atoms with Crippen LogP contribution in [-0.2, 0) is 11.2 Å². The molecule has 3 rings (SSSR count). The maximum Gasteiger partial charge on any atom is 0.248 e. The summed E-state index contributed by atoms with van der Waals surface area (Å²) in [6.07, 6.45) is 1.95. The van der Waals surface area contributed by atoms with Gasteiger partial charge in [-0.3, -0.25) is 4.79 Å². The zero-order valence-corrected chi connectivity index (χ0v) is 11.9. The van der Waals surface area contributed by atoms with Gasteiger partial charge in [0.25, 0.3) is 0 Å². The summed E-state index contributed by atoms with van der Waals surface area (Å²) in [5, 5.41) is 3.03. The first-order valence-corrected chi connectivity index (χ1v) is 7.51. The van der Waals surface area contributed by atoms with Gasteiger partial charge in [0.2, 0.25) is 11.8 Å². The minimum absolute atomic E-state index is 0.00413. The number of anilines is 1. The van der Waals surface area contributed by atoms with Gasteiger partial charge in [0.05, 0.1) is 6.04 Å². The smallest absolute Gasteiger partial charge is 0.248 e. The molecule has 0 spiro atoms. The van der Waals surface area contributed by atoms with E-state index in [0.29, 0.717) is 0 Å². The number of hydrogen-bond acceptors (Lipinski definition) is 2. The molecule has 1 atom stereocenters. The molecule has 1 saturated carbocycles. The van der Waals surface area contributed by atoms with Gasteiger partial charge in [0.1, 0.15) is 0 Å². The maximum absolute atomic E-state index is 13.1. The normalized spacial score (nSPS) is 24.6. The molecule has 5 heteroatoms. The number of carbonyl (C=O) groups is 1. The molecule has 3 N–H and O–H groups in total. The quantitative estimate of drug-likeness (QED) is 0.823. The molecule has 0 aliphatic heterocycles.